The van der Waals surface area contributed by atoms with Gasteiger partial charge in [-0.25, -0.2) is 13.1 Å². The third-order valence-electron chi connectivity index (χ3n) is 6.43. The second-order valence-corrected chi connectivity index (χ2v) is 10.6. The third-order valence-corrected chi connectivity index (χ3v) is 8.28. The van der Waals surface area contributed by atoms with Gasteiger partial charge in [0.1, 0.15) is 10.7 Å². The van der Waals surface area contributed by atoms with Crippen molar-refractivity contribution < 1.29 is 13.2 Å². The van der Waals surface area contributed by atoms with Gasteiger partial charge >= 0.3 is 0 Å². The van der Waals surface area contributed by atoms with Gasteiger partial charge in [0.15, 0.2) is 0 Å². The van der Waals surface area contributed by atoms with E-state index in [0.717, 1.165) is 18.1 Å². The molecule has 156 valence electrons. The first-order chi connectivity index (χ1) is 13.8. The highest BCUT2D eigenvalue weighted by Crippen LogP contribution is 2.43. The van der Waals surface area contributed by atoms with Gasteiger partial charge < -0.3 is 0 Å². The van der Waals surface area contributed by atoms with Crippen LogP contribution in [0.15, 0.2) is 23.4 Å². The zero-order valence-corrected chi connectivity index (χ0v) is 17.6. The summed E-state index contributed by atoms with van der Waals surface area (Å²) in [5.74, 6) is 1.60. The lowest BCUT2D eigenvalue weighted by molar-refractivity contribution is -0.122. The Kier molecular flexibility index (Phi) is 4.15. The van der Waals surface area contributed by atoms with Crippen molar-refractivity contribution in [2.75, 3.05) is 24.5 Å². The number of aryl methyl sites for hydroxylation is 2. The fourth-order valence-electron chi connectivity index (χ4n) is 4.57. The molecular formula is C19H26N6O3S. The van der Waals surface area contributed by atoms with E-state index in [1.165, 1.54) is 34.2 Å². The molecule has 4 heterocycles. The molecule has 1 spiro atoms. The highest BCUT2D eigenvalue weighted by molar-refractivity contribution is 7.89. The SMILES string of the molecule is Cc1cc2n(n1)C1(CCN(S(=O)(=O)c3cnn(C)c3)CC1)CC(=O)N2CC1CC1. The summed E-state index contributed by atoms with van der Waals surface area (Å²) < 4.78 is 30.9. The average molecular weight is 419 g/mol. The van der Waals surface area contributed by atoms with E-state index in [1.54, 1.807) is 7.05 Å². The number of amides is 1. The first kappa shape index (κ1) is 18.8. The maximum Gasteiger partial charge on any atom is 0.246 e. The third kappa shape index (κ3) is 3.09. The summed E-state index contributed by atoms with van der Waals surface area (Å²) in [6.45, 7) is 3.44. The highest BCUT2D eigenvalue weighted by Gasteiger charge is 2.48. The van der Waals surface area contributed by atoms with Crippen LogP contribution >= 0.6 is 0 Å². The van der Waals surface area contributed by atoms with Gasteiger partial charge in [0.2, 0.25) is 15.9 Å². The largest absolute Gasteiger partial charge is 0.297 e. The van der Waals surface area contributed by atoms with Crippen LogP contribution in [0.4, 0.5) is 5.82 Å². The number of hydrogen-bond donors (Lipinski definition) is 0. The molecule has 0 bridgehead atoms. The van der Waals surface area contributed by atoms with Gasteiger partial charge in [-0.2, -0.15) is 14.5 Å². The van der Waals surface area contributed by atoms with Gasteiger partial charge in [-0.1, -0.05) is 0 Å². The average Bonchev–Trinajstić information content (AvgIpc) is 3.24. The summed E-state index contributed by atoms with van der Waals surface area (Å²) in [6, 6.07) is 1.99. The van der Waals surface area contributed by atoms with Crippen molar-refractivity contribution in [3.05, 3.63) is 24.2 Å². The summed E-state index contributed by atoms with van der Waals surface area (Å²) in [5.41, 5.74) is 0.446. The normalized spacial score (nSPS) is 22.3. The van der Waals surface area contributed by atoms with Crippen LogP contribution in [0.1, 0.15) is 37.8 Å². The Balaban J connectivity index is 1.41. The van der Waals surface area contributed by atoms with Crippen LogP contribution in [0.2, 0.25) is 0 Å². The first-order valence-electron chi connectivity index (χ1n) is 10.1. The molecule has 0 N–H and O–H groups in total. The summed E-state index contributed by atoms with van der Waals surface area (Å²) in [6.07, 6.45) is 6.80. The van der Waals surface area contributed by atoms with Crippen molar-refractivity contribution in [2.24, 2.45) is 13.0 Å². The molecular weight excluding hydrogens is 392 g/mol. The number of anilines is 1. The van der Waals surface area contributed by atoms with Crippen molar-refractivity contribution in [2.45, 2.75) is 49.5 Å². The highest BCUT2D eigenvalue weighted by atomic mass is 32.2. The standard InChI is InChI=1S/C19H26N6O3S/c1-14-9-17-24(12-15-3-4-15)18(26)10-19(25(17)21-14)5-7-23(8-6-19)29(27,28)16-11-20-22(2)13-16/h9,11,13,15H,3-8,10,12H2,1-2H3. The number of aromatic nitrogens is 4. The van der Waals surface area contributed by atoms with Gasteiger partial charge in [0.05, 0.1) is 23.9 Å². The molecule has 1 amide bonds. The Morgan fingerprint density at radius 3 is 2.59 bits per heavy atom. The van der Waals surface area contributed by atoms with Crippen LogP contribution in [0.25, 0.3) is 0 Å². The second-order valence-electron chi connectivity index (χ2n) is 8.66. The Bertz CT molecular complexity index is 1060. The molecule has 1 saturated heterocycles. The maximum absolute atomic E-state index is 13.0. The van der Waals surface area contributed by atoms with Crippen molar-refractivity contribution in [1.82, 2.24) is 23.9 Å². The Morgan fingerprint density at radius 1 is 1.24 bits per heavy atom. The number of rotatable bonds is 4. The number of carbonyl (C=O) groups excluding carboxylic acids is 1. The van der Waals surface area contributed by atoms with Gasteiger partial charge in [-0.05, 0) is 38.5 Å². The molecule has 5 rings (SSSR count). The predicted octanol–water partition coefficient (Wildman–Crippen LogP) is 1.25. The quantitative estimate of drug-likeness (QED) is 0.745. The molecule has 29 heavy (non-hydrogen) atoms. The van der Waals surface area contributed by atoms with Crippen molar-refractivity contribution in [3.63, 3.8) is 0 Å². The van der Waals surface area contributed by atoms with Crippen LogP contribution in [0.5, 0.6) is 0 Å². The Hall–Kier alpha value is -2.20. The molecule has 0 unspecified atom stereocenters. The number of fused-ring (bicyclic) bond motifs is 2. The van der Waals surface area contributed by atoms with E-state index in [-0.39, 0.29) is 10.8 Å². The first-order valence-corrected chi connectivity index (χ1v) is 11.6. The summed E-state index contributed by atoms with van der Waals surface area (Å²) in [4.78, 5) is 15.1. The molecule has 1 saturated carbocycles. The zero-order chi connectivity index (χ0) is 20.4. The Morgan fingerprint density at radius 2 is 1.97 bits per heavy atom. The number of nitrogens with zero attached hydrogens (tertiary/aromatic N) is 6. The molecule has 10 heteroatoms. The van der Waals surface area contributed by atoms with Crippen LogP contribution < -0.4 is 4.90 Å². The van der Waals surface area contributed by atoms with Crippen molar-refractivity contribution in [3.8, 4) is 0 Å². The minimum atomic E-state index is -3.58. The van der Waals surface area contributed by atoms with Crippen LogP contribution in [-0.2, 0) is 27.4 Å². The molecule has 2 fully saturated rings. The van der Waals surface area contributed by atoms with E-state index in [0.29, 0.717) is 38.3 Å². The lowest BCUT2D eigenvalue weighted by Gasteiger charge is -2.46. The van der Waals surface area contributed by atoms with Crippen LogP contribution in [-0.4, -0.2) is 57.8 Å². The Labute approximate surface area is 170 Å². The van der Waals surface area contributed by atoms with Crippen molar-refractivity contribution >= 4 is 21.7 Å². The molecule has 3 aliphatic rings. The van der Waals surface area contributed by atoms with Crippen LogP contribution in [0.3, 0.4) is 0 Å². The monoisotopic (exact) mass is 418 g/mol. The summed E-state index contributed by atoms with van der Waals surface area (Å²) in [5, 5.41) is 8.72. The van der Waals surface area contributed by atoms with Crippen LogP contribution in [0, 0.1) is 12.8 Å². The minimum absolute atomic E-state index is 0.132. The lowest BCUT2D eigenvalue weighted by Crippen LogP contribution is -2.55. The molecule has 9 nitrogen and oxygen atoms in total. The molecule has 2 aliphatic heterocycles. The van der Waals surface area contributed by atoms with E-state index in [2.05, 4.69) is 5.10 Å². The van der Waals surface area contributed by atoms with E-state index < -0.39 is 15.6 Å². The van der Waals surface area contributed by atoms with E-state index in [1.807, 2.05) is 22.6 Å². The number of carbonyl (C=O) groups is 1. The molecule has 0 radical (unpaired) electrons. The molecule has 2 aromatic rings. The van der Waals surface area contributed by atoms with Gasteiger partial charge in [-0.15, -0.1) is 0 Å². The predicted molar refractivity (Wildman–Crippen MR) is 106 cm³/mol. The summed E-state index contributed by atoms with van der Waals surface area (Å²) >= 11 is 0. The second kappa shape index (κ2) is 6.40. The lowest BCUT2D eigenvalue weighted by atomic mass is 9.83. The molecule has 0 atom stereocenters. The molecule has 1 aliphatic carbocycles. The minimum Gasteiger partial charge on any atom is -0.297 e. The topological polar surface area (TPSA) is 93.3 Å². The fraction of sp³-hybridized carbons (Fsp3) is 0.632. The summed E-state index contributed by atoms with van der Waals surface area (Å²) in [7, 11) is -1.87. The van der Waals surface area contributed by atoms with Gasteiger partial charge in [0, 0.05) is 38.9 Å². The smallest absolute Gasteiger partial charge is 0.246 e. The molecule has 0 aromatic carbocycles. The number of hydrogen-bond acceptors (Lipinski definition) is 5. The fourth-order valence-corrected chi connectivity index (χ4v) is 6.00. The van der Waals surface area contributed by atoms with Gasteiger partial charge in [-0.3, -0.25) is 14.4 Å². The molecule has 2 aromatic heterocycles. The van der Waals surface area contributed by atoms with E-state index in [4.69, 9.17) is 5.10 Å². The number of piperidine rings is 1. The van der Waals surface area contributed by atoms with Crippen molar-refractivity contribution in [1.29, 1.82) is 0 Å². The van der Waals surface area contributed by atoms with E-state index in [9.17, 15) is 13.2 Å². The zero-order valence-electron chi connectivity index (χ0n) is 16.8. The van der Waals surface area contributed by atoms with Gasteiger partial charge in [0.25, 0.3) is 0 Å². The maximum atomic E-state index is 13.0. The van der Waals surface area contributed by atoms with E-state index >= 15 is 0 Å². The number of sulfonamides is 1.